The monoisotopic (exact) mass is 329 g/mol. The lowest BCUT2D eigenvalue weighted by Gasteiger charge is -2.09. The molecule has 2 aromatic carbocycles. The van der Waals surface area contributed by atoms with E-state index in [-0.39, 0.29) is 17.8 Å². The van der Waals surface area contributed by atoms with E-state index in [4.69, 9.17) is 11.6 Å². The highest BCUT2D eigenvalue weighted by Gasteiger charge is 2.14. The minimum Gasteiger partial charge on any atom is -0.294 e. The first kappa shape index (κ1) is 15.2. The van der Waals surface area contributed by atoms with E-state index in [0.29, 0.717) is 27.1 Å². The molecule has 0 radical (unpaired) electrons. The van der Waals surface area contributed by atoms with Crippen LogP contribution in [0.5, 0.6) is 0 Å². The Balaban J connectivity index is 2.09. The molecule has 23 heavy (non-hydrogen) atoms. The molecular formula is C16H12ClN3O3. The van der Waals surface area contributed by atoms with Crippen molar-refractivity contribution in [2.45, 2.75) is 13.5 Å². The van der Waals surface area contributed by atoms with Crippen molar-refractivity contribution >= 4 is 28.2 Å². The largest absolute Gasteiger partial charge is 0.294 e. The molecule has 0 aliphatic carbocycles. The van der Waals surface area contributed by atoms with Gasteiger partial charge in [-0.15, -0.1) is 0 Å². The molecule has 116 valence electrons. The Bertz CT molecular complexity index is 982. The summed E-state index contributed by atoms with van der Waals surface area (Å²) in [6, 6.07) is 9.74. The fourth-order valence-electron chi connectivity index (χ4n) is 2.47. The molecular weight excluding hydrogens is 318 g/mol. The average Bonchev–Trinajstić information content (AvgIpc) is 2.52. The Morgan fingerprint density at radius 2 is 2.09 bits per heavy atom. The molecule has 1 heterocycles. The van der Waals surface area contributed by atoms with E-state index in [1.165, 1.54) is 17.0 Å². The molecule has 0 N–H and O–H groups in total. The SMILES string of the molecule is Cc1c(Cn2cnc3ccc(Cl)cc3c2=O)cccc1[N+](=O)[O-]. The molecule has 0 unspecified atom stereocenters. The minimum absolute atomic E-state index is 0.0346. The summed E-state index contributed by atoms with van der Waals surface area (Å²) in [6.45, 7) is 1.88. The van der Waals surface area contributed by atoms with Crippen LogP contribution in [0.1, 0.15) is 11.1 Å². The van der Waals surface area contributed by atoms with Gasteiger partial charge in [-0.2, -0.15) is 0 Å². The number of nitrogens with zero attached hydrogens (tertiary/aromatic N) is 3. The normalized spacial score (nSPS) is 10.9. The van der Waals surface area contributed by atoms with Crippen molar-refractivity contribution in [1.29, 1.82) is 0 Å². The molecule has 3 aromatic rings. The zero-order valence-corrected chi connectivity index (χ0v) is 12.9. The van der Waals surface area contributed by atoms with Crippen LogP contribution in [0.4, 0.5) is 5.69 Å². The summed E-state index contributed by atoms with van der Waals surface area (Å²) in [5, 5.41) is 11.9. The third-order valence-corrected chi connectivity index (χ3v) is 3.98. The predicted octanol–water partition coefficient (Wildman–Crippen LogP) is 3.31. The molecule has 0 bridgehead atoms. The first-order valence-corrected chi connectivity index (χ1v) is 7.23. The lowest BCUT2D eigenvalue weighted by Crippen LogP contribution is -2.21. The number of nitro benzene ring substituents is 1. The second-order valence-electron chi connectivity index (χ2n) is 5.16. The number of nitro groups is 1. The molecule has 0 atom stereocenters. The van der Waals surface area contributed by atoms with Crippen molar-refractivity contribution in [2.24, 2.45) is 0 Å². The summed E-state index contributed by atoms with van der Waals surface area (Å²) in [5.41, 5.74) is 1.60. The molecule has 0 amide bonds. The second kappa shape index (κ2) is 5.81. The summed E-state index contributed by atoms with van der Waals surface area (Å²) >= 11 is 5.93. The number of halogens is 1. The highest BCUT2D eigenvalue weighted by molar-refractivity contribution is 6.31. The maximum absolute atomic E-state index is 12.5. The van der Waals surface area contributed by atoms with E-state index >= 15 is 0 Å². The van der Waals surface area contributed by atoms with Gasteiger partial charge in [0, 0.05) is 16.7 Å². The minimum atomic E-state index is -0.431. The van der Waals surface area contributed by atoms with Crippen molar-refractivity contribution < 1.29 is 4.92 Å². The number of aromatic nitrogens is 2. The fourth-order valence-corrected chi connectivity index (χ4v) is 2.64. The molecule has 6 nitrogen and oxygen atoms in total. The number of hydrogen-bond donors (Lipinski definition) is 0. The molecule has 0 aliphatic heterocycles. The predicted molar refractivity (Wildman–Crippen MR) is 87.9 cm³/mol. The zero-order valence-electron chi connectivity index (χ0n) is 12.2. The molecule has 0 fully saturated rings. The van der Waals surface area contributed by atoms with Gasteiger partial charge in [-0.05, 0) is 30.7 Å². The van der Waals surface area contributed by atoms with Crippen LogP contribution in [-0.2, 0) is 6.54 Å². The van der Waals surface area contributed by atoms with Gasteiger partial charge in [0.2, 0.25) is 0 Å². The van der Waals surface area contributed by atoms with Crippen LogP contribution in [-0.4, -0.2) is 14.5 Å². The maximum Gasteiger partial charge on any atom is 0.272 e. The zero-order chi connectivity index (χ0) is 16.6. The van der Waals surface area contributed by atoms with E-state index < -0.39 is 4.92 Å². The topological polar surface area (TPSA) is 78.0 Å². The first-order valence-electron chi connectivity index (χ1n) is 6.85. The van der Waals surface area contributed by atoms with Gasteiger partial charge in [-0.1, -0.05) is 23.7 Å². The molecule has 0 saturated carbocycles. The van der Waals surface area contributed by atoms with E-state index in [1.807, 2.05) is 0 Å². The van der Waals surface area contributed by atoms with Gasteiger partial charge in [-0.3, -0.25) is 19.5 Å². The number of benzene rings is 2. The fraction of sp³-hybridized carbons (Fsp3) is 0.125. The van der Waals surface area contributed by atoms with Gasteiger partial charge in [0.05, 0.1) is 28.7 Å². The quantitative estimate of drug-likeness (QED) is 0.545. The lowest BCUT2D eigenvalue weighted by molar-refractivity contribution is -0.385. The van der Waals surface area contributed by atoms with Gasteiger partial charge in [0.15, 0.2) is 0 Å². The third kappa shape index (κ3) is 2.80. The number of fused-ring (bicyclic) bond motifs is 1. The van der Waals surface area contributed by atoms with Crippen molar-refractivity contribution in [3.63, 3.8) is 0 Å². The van der Waals surface area contributed by atoms with Gasteiger partial charge >= 0.3 is 0 Å². The van der Waals surface area contributed by atoms with Crippen LogP contribution in [0.2, 0.25) is 5.02 Å². The molecule has 3 rings (SSSR count). The third-order valence-electron chi connectivity index (χ3n) is 3.74. The molecule has 0 spiro atoms. The Morgan fingerprint density at radius 3 is 2.83 bits per heavy atom. The highest BCUT2D eigenvalue weighted by Crippen LogP contribution is 2.21. The maximum atomic E-state index is 12.5. The molecule has 7 heteroatoms. The Labute approximate surface area is 136 Å². The number of hydrogen-bond acceptors (Lipinski definition) is 4. The van der Waals surface area contributed by atoms with Gasteiger partial charge < -0.3 is 0 Å². The molecule has 0 aliphatic rings. The Morgan fingerprint density at radius 1 is 1.30 bits per heavy atom. The highest BCUT2D eigenvalue weighted by atomic mass is 35.5. The van der Waals surface area contributed by atoms with Crippen LogP contribution < -0.4 is 5.56 Å². The number of rotatable bonds is 3. The summed E-state index contributed by atoms with van der Waals surface area (Å²) in [7, 11) is 0. The van der Waals surface area contributed by atoms with Crippen molar-refractivity contribution in [3.8, 4) is 0 Å². The van der Waals surface area contributed by atoms with Crippen LogP contribution in [0.15, 0.2) is 47.5 Å². The van der Waals surface area contributed by atoms with Crippen LogP contribution in [0.3, 0.4) is 0 Å². The summed E-state index contributed by atoms with van der Waals surface area (Å²) in [4.78, 5) is 27.4. The standard InChI is InChI=1S/C16H12ClN3O3/c1-10-11(3-2-4-15(10)20(22)23)8-19-9-18-14-6-5-12(17)7-13(14)16(19)21/h2-7,9H,8H2,1H3. The van der Waals surface area contributed by atoms with Gasteiger partial charge in [0.1, 0.15) is 0 Å². The molecule has 0 saturated heterocycles. The van der Waals surface area contributed by atoms with Crippen LogP contribution in [0, 0.1) is 17.0 Å². The Kier molecular flexibility index (Phi) is 3.83. The van der Waals surface area contributed by atoms with E-state index in [2.05, 4.69) is 4.98 Å². The molecule has 1 aromatic heterocycles. The summed E-state index contributed by atoms with van der Waals surface area (Å²) in [5.74, 6) is 0. The average molecular weight is 330 g/mol. The summed E-state index contributed by atoms with van der Waals surface area (Å²) in [6.07, 6.45) is 1.44. The van der Waals surface area contributed by atoms with Gasteiger partial charge in [0.25, 0.3) is 11.2 Å². The van der Waals surface area contributed by atoms with Crippen LogP contribution in [0.25, 0.3) is 10.9 Å². The first-order chi connectivity index (χ1) is 11.0. The second-order valence-corrected chi connectivity index (χ2v) is 5.59. The smallest absolute Gasteiger partial charge is 0.272 e. The van der Waals surface area contributed by atoms with Crippen molar-refractivity contribution in [1.82, 2.24) is 9.55 Å². The lowest BCUT2D eigenvalue weighted by atomic mass is 10.1. The van der Waals surface area contributed by atoms with E-state index in [1.54, 1.807) is 37.3 Å². The Hall–Kier alpha value is -2.73. The summed E-state index contributed by atoms with van der Waals surface area (Å²) < 4.78 is 1.42. The van der Waals surface area contributed by atoms with E-state index in [9.17, 15) is 14.9 Å². The van der Waals surface area contributed by atoms with Crippen molar-refractivity contribution in [3.05, 3.63) is 79.3 Å². The van der Waals surface area contributed by atoms with Gasteiger partial charge in [-0.25, -0.2) is 4.98 Å². The van der Waals surface area contributed by atoms with Crippen LogP contribution >= 0.6 is 11.6 Å². The van der Waals surface area contributed by atoms with Crippen molar-refractivity contribution in [2.75, 3.05) is 0 Å². The van der Waals surface area contributed by atoms with E-state index in [0.717, 1.165) is 0 Å².